The van der Waals surface area contributed by atoms with Crippen molar-refractivity contribution in [3.8, 4) is 6.07 Å². The number of anilines is 1. The summed E-state index contributed by atoms with van der Waals surface area (Å²) in [5.41, 5.74) is 5.91. The van der Waals surface area contributed by atoms with Crippen molar-refractivity contribution in [1.29, 1.82) is 5.26 Å². The maximum Gasteiger partial charge on any atom is 0.421 e. The van der Waals surface area contributed by atoms with Crippen molar-refractivity contribution in [2.75, 3.05) is 25.2 Å². The largest absolute Gasteiger partial charge is 0.421 e. The number of hydrogen-bond acceptors (Lipinski definition) is 4. The SMILES string of the molecule is COCCN(C(=O)C(=[N+]=[N-])C(C)=O)c1ccc(C#N)c(C(F)(F)F)c1. The second kappa shape index (κ2) is 8.19. The van der Waals surface area contributed by atoms with Crippen LogP contribution >= 0.6 is 0 Å². The van der Waals surface area contributed by atoms with Gasteiger partial charge in [-0.05, 0) is 18.2 Å². The molecule has 132 valence electrons. The molecule has 1 amide bonds. The van der Waals surface area contributed by atoms with Crippen LogP contribution in [-0.4, -0.2) is 42.5 Å². The molecule has 0 radical (unpaired) electrons. The molecule has 0 aromatic heterocycles. The highest BCUT2D eigenvalue weighted by molar-refractivity contribution is 6.65. The lowest BCUT2D eigenvalue weighted by molar-refractivity contribution is -0.137. The molecule has 0 spiro atoms. The lowest BCUT2D eigenvalue weighted by atomic mass is 10.1. The van der Waals surface area contributed by atoms with Crippen molar-refractivity contribution < 1.29 is 32.3 Å². The van der Waals surface area contributed by atoms with Gasteiger partial charge in [-0.25, -0.2) is 0 Å². The topological polar surface area (TPSA) is 107 Å². The van der Waals surface area contributed by atoms with E-state index in [-0.39, 0.29) is 18.8 Å². The Morgan fingerprint density at radius 3 is 2.48 bits per heavy atom. The molecular formula is C15H13F3N4O3. The molecule has 0 saturated heterocycles. The Bertz CT molecular complexity index is 777. The van der Waals surface area contributed by atoms with E-state index in [1.54, 1.807) is 0 Å². The van der Waals surface area contributed by atoms with Crippen LogP contribution in [0.15, 0.2) is 18.2 Å². The van der Waals surface area contributed by atoms with E-state index in [0.29, 0.717) is 6.07 Å². The van der Waals surface area contributed by atoms with E-state index in [9.17, 15) is 22.8 Å². The van der Waals surface area contributed by atoms with E-state index < -0.39 is 34.7 Å². The third-order valence-corrected chi connectivity index (χ3v) is 3.14. The van der Waals surface area contributed by atoms with Gasteiger partial charge in [0.05, 0.1) is 23.8 Å². The van der Waals surface area contributed by atoms with Crippen LogP contribution in [0.25, 0.3) is 5.53 Å². The Balaban J connectivity index is 3.47. The molecule has 25 heavy (non-hydrogen) atoms. The minimum Gasteiger partial charge on any atom is -0.383 e. The zero-order valence-corrected chi connectivity index (χ0v) is 13.3. The van der Waals surface area contributed by atoms with E-state index in [4.69, 9.17) is 15.5 Å². The molecule has 0 heterocycles. The molecule has 0 bridgehead atoms. The number of amides is 1. The van der Waals surface area contributed by atoms with Gasteiger partial charge in [-0.3, -0.25) is 14.5 Å². The van der Waals surface area contributed by atoms with Crippen LogP contribution in [0.5, 0.6) is 0 Å². The van der Waals surface area contributed by atoms with Gasteiger partial charge in [0.25, 0.3) is 0 Å². The van der Waals surface area contributed by atoms with Gasteiger partial charge in [0, 0.05) is 26.3 Å². The second-order valence-corrected chi connectivity index (χ2v) is 4.79. The molecule has 1 aromatic rings. The summed E-state index contributed by atoms with van der Waals surface area (Å²) < 4.78 is 44.1. The summed E-state index contributed by atoms with van der Waals surface area (Å²) in [7, 11) is 1.31. The minimum absolute atomic E-state index is 0.0519. The highest BCUT2D eigenvalue weighted by atomic mass is 19.4. The summed E-state index contributed by atoms with van der Waals surface area (Å²) >= 11 is 0. The van der Waals surface area contributed by atoms with Crippen LogP contribution in [0.4, 0.5) is 18.9 Å². The molecule has 0 N–H and O–H groups in total. The van der Waals surface area contributed by atoms with Crippen LogP contribution in [0.1, 0.15) is 18.1 Å². The van der Waals surface area contributed by atoms with Gasteiger partial charge in [-0.15, -0.1) is 0 Å². The van der Waals surface area contributed by atoms with E-state index in [0.717, 1.165) is 24.0 Å². The Morgan fingerprint density at radius 2 is 2.04 bits per heavy atom. The third kappa shape index (κ3) is 4.73. The number of ether oxygens (including phenoxy) is 1. The lowest BCUT2D eigenvalue weighted by Crippen LogP contribution is -2.42. The highest BCUT2D eigenvalue weighted by Crippen LogP contribution is 2.34. The predicted octanol–water partition coefficient (Wildman–Crippen LogP) is 1.82. The van der Waals surface area contributed by atoms with Crippen LogP contribution in [-0.2, 0) is 20.5 Å². The van der Waals surface area contributed by atoms with Crippen LogP contribution in [0, 0.1) is 11.3 Å². The first-order chi connectivity index (χ1) is 11.7. The first-order valence-electron chi connectivity index (χ1n) is 6.82. The van der Waals surface area contributed by atoms with Crippen molar-refractivity contribution >= 4 is 23.1 Å². The molecule has 0 aliphatic heterocycles. The smallest absolute Gasteiger partial charge is 0.383 e. The maximum atomic E-state index is 13.1. The van der Waals surface area contributed by atoms with E-state index in [1.807, 2.05) is 0 Å². The zero-order valence-electron chi connectivity index (χ0n) is 13.3. The Morgan fingerprint density at radius 1 is 1.40 bits per heavy atom. The number of nitrogens with zero attached hydrogens (tertiary/aromatic N) is 4. The fourth-order valence-electron chi connectivity index (χ4n) is 1.95. The number of nitriles is 1. The van der Waals surface area contributed by atoms with Gasteiger partial charge in [0.15, 0.2) is 0 Å². The normalized spacial score (nSPS) is 10.6. The van der Waals surface area contributed by atoms with Crippen molar-refractivity contribution in [3.05, 3.63) is 34.9 Å². The average molecular weight is 354 g/mol. The van der Waals surface area contributed by atoms with E-state index in [2.05, 4.69) is 4.79 Å². The lowest BCUT2D eigenvalue weighted by Gasteiger charge is -2.21. The number of halogens is 3. The fourth-order valence-corrected chi connectivity index (χ4v) is 1.95. The van der Waals surface area contributed by atoms with Crippen LogP contribution in [0.3, 0.4) is 0 Å². The van der Waals surface area contributed by atoms with Gasteiger partial charge >= 0.3 is 17.8 Å². The number of carbonyl (C=O) groups excluding carboxylic acids is 2. The highest BCUT2D eigenvalue weighted by Gasteiger charge is 2.36. The Hall–Kier alpha value is -3.02. The van der Waals surface area contributed by atoms with Gasteiger partial charge in [0.2, 0.25) is 5.78 Å². The Kier molecular flexibility index (Phi) is 6.56. The van der Waals surface area contributed by atoms with Gasteiger partial charge in [0.1, 0.15) is 0 Å². The number of hydrogen-bond donors (Lipinski definition) is 0. The molecule has 0 saturated carbocycles. The minimum atomic E-state index is -4.81. The Labute approximate surface area is 140 Å². The molecule has 0 unspecified atom stereocenters. The standard InChI is InChI=1S/C15H13F3N4O3/c1-9(23)13(21-20)14(24)22(5-6-25-2)11-4-3-10(8-19)12(7-11)15(16,17)18/h3-4,7H,5-6H2,1-2H3. The molecule has 0 aliphatic rings. The first-order valence-corrected chi connectivity index (χ1v) is 6.82. The monoisotopic (exact) mass is 354 g/mol. The number of benzene rings is 1. The molecule has 0 fully saturated rings. The summed E-state index contributed by atoms with van der Waals surface area (Å²) in [6, 6.07) is 4.07. The number of alkyl halides is 3. The zero-order chi connectivity index (χ0) is 19.2. The van der Waals surface area contributed by atoms with Gasteiger partial charge < -0.3 is 10.3 Å². The summed E-state index contributed by atoms with van der Waals surface area (Å²) in [4.78, 5) is 27.1. The van der Waals surface area contributed by atoms with Crippen LogP contribution in [0.2, 0.25) is 0 Å². The summed E-state index contributed by atoms with van der Waals surface area (Å²) in [6.07, 6.45) is -4.81. The summed E-state index contributed by atoms with van der Waals surface area (Å²) in [5, 5.41) is 8.81. The van der Waals surface area contributed by atoms with Crippen molar-refractivity contribution in [3.63, 3.8) is 0 Å². The molecule has 0 aliphatic carbocycles. The molecule has 1 rings (SSSR count). The number of methoxy groups -OCH3 is 1. The summed E-state index contributed by atoms with van der Waals surface area (Å²) in [5.74, 6) is -1.95. The molecule has 0 atom stereocenters. The fraction of sp³-hybridized carbons (Fsp3) is 0.333. The van der Waals surface area contributed by atoms with Crippen molar-refractivity contribution in [2.45, 2.75) is 13.1 Å². The van der Waals surface area contributed by atoms with Crippen LogP contribution < -0.4 is 4.90 Å². The molecule has 7 nitrogen and oxygen atoms in total. The molecule has 1 aromatic carbocycles. The average Bonchev–Trinajstić information content (AvgIpc) is 2.54. The molecule has 10 heteroatoms. The van der Waals surface area contributed by atoms with Crippen molar-refractivity contribution in [2.24, 2.45) is 0 Å². The van der Waals surface area contributed by atoms with Gasteiger partial charge in [-0.2, -0.15) is 23.2 Å². The number of Topliss-reactive ketones (excluding diaryl/α,β-unsaturated/α-hetero) is 1. The molecular weight excluding hydrogens is 341 g/mol. The van der Waals surface area contributed by atoms with E-state index in [1.165, 1.54) is 13.2 Å². The number of rotatable bonds is 6. The maximum absolute atomic E-state index is 13.1. The first kappa shape index (κ1) is 20.0. The predicted molar refractivity (Wildman–Crippen MR) is 79.7 cm³/mol. The quantitative estimate of drug-likeness (QED) is 0.336. The third-order valence-electron chi connectivity index (χ3n) is 3.14. The van der Waals surface area contributed by atoms with Crippen molar-refractivity contribution in [1.82, 2.24) is 0 Å². The number of carbonyl (C=O) groups is 2. The second-order valence-electron chi connectivity index (χ2n) is 4.79. The van der Waals surface area contributed by atoms with Gasteiger partial charge in [-0.1, -0.05) is 0 Å². The van der Waals surface area contributed by atoms with E-state index >= 15 is 0 Å². The number of ketones is 1. The summed E-state index contributed by atoms with van der Waals surface area (Å²) in [6.45, 7) is 0.718.